The summed E-state index contributed by atoms with van der Waals surface area (Å²) in [5, 5.41) is 11.3. The number of rotatable bonds is 14. The van der Waals surface area contributed by atoms with Crippen LogP contribution in [0.15, 0.2) is 0 Å². The SMILES string of the molecule is CCCCC(NC(=O)[C@@H]1[C@@H]2[C@H](CN1C(=O)[C@@H](NC(=O)N[C@@H](CN1C(=O)CC(C)(C)CC1=O)C(C)(C)C)C(C)(C)C)C2(C)C)C(=O)C(=O)NCCC. The summed E-state index contributed by atoms with van der Waals surface area (Å²) in [5.74, 6) is -3.01. The molecule has 7 amide bonds. The fraction of sp³-hybridized carbons (Fsp3) is 0.816. The lowest BCUT2D eigenvalue weighted by Gasteiger charge is -2.40. The Labute approximate surface area is 304 Å². The molecule has 0 aromatic carbocycles. The molecule has 2 aliphatic heterocycles. The number of hydrogen-bond acceptors (Lipinski definition) is 7. The third-order valence-electron chi connectivity index (χ3n) is 11.0. The van der Waals surface area contributed by atoms with E-state index < -0.39 is 69.9 Å². The topological polar surface area (TPSA) is 174 Å². The van der Waals surface area contributed by atoms with E-state index in [1.807, 2.05) is 69.2 Å². The Morgan fingerprint density at radius 3 is 1.94 bits per heavy atom. The van der Waals surface area contributed by atoms with Gasteiger partial charge in [0.25, 0.3) is 5.91 Å². The Morgan fingerprint density at radius 1 is 0.843 bits per heavy atom. The van der Waals surface area contributed by atoms with Crippen molar-refractivity contribution in [3.8, 4) is 0 Å². The number of unbranched alkanes of at least 4 members (excludes halogenated alkanes) is 1. The van der Waals surface area contributed by atoms with E-state index in [1.165, 1.54) is 9.80 Å². The predicted molar refractivity (Wildman–Crippen MR) is 194 cm³/mol. The minimum atomic E-state index is -1.04. The molecule has 2 heterocycles. The van der Waals surface area contributed by atoms with E-state index in [9.17, 15) is 33.6 Å². The molecule has 0 aromatic heterocycles. The number of amides is 7. The Hall–Kier alpha value is -3.51. The molecule has 3 rings (SSSR count). The molecule has 0 radical (unpaired) electrons. The predicted octanol–water partition coefficient (Wildman–Crippen LogP) is 3.54. The summed E-state index contributed by atoms with van der Waals surface area (Å²) in [7, 11) is 0. The minimum absolute atomic E-state index is 0.00000397. The van der Waals surface area contributed by atoms with Crippen LogP contribution in [0.3, 0.4) is 0 Å². The van der Waals surface area contributed by atoms with Gasteiger partial charge < -0.3 is 26.2 Å². The molecule has 1 aliphatic carbocycles. The number of likely N-dealkylation sites (tertiary alicyclic amines) is 2. The standard InChI is InChI=1S/C38H64N6O7/c1-13-15-16-23(29(47)32(49)39-17-14-2)40-31(48)28-27-22(38(27,11)12)20-44(28)33(50)30(36(6,7)8)42-34(51)41-24(35(3,4)5)21-43-25(45)18-37(9,10)19-26(43)46/h22-24,27-28,30H,13-21H2,1-12H3,(H,39,49)(H,40,48)(H2,41,42,51)/t22-,23?,24-,27-,28-,30+/m0/s1. The van der Waals surface area contributed by atoms with Gasteiger partial charge in [-0.2, -0.15) is 0 Å². The highest BCUT2D eigenvalue weighted by molar-refractivity contribution is 6.38. The van der Waals surface area contributed by atoms with Crippen molar-refractivity contribution in [3.63, 3.8) is 0 Å². The Kier molecular flexibility index (Phi) is 12.8. The third-order valence-corrected chi connectivity index (χ3v) is 11.0. The van der Waals surface area contributed by atoms with Gasteiger partial charge in [0.1, 0.15) is 12.1 Å². The van der Waals surface area contributed by atoms with Gasteiger partial charge in [0.15, 0.2) is 0 Å². The van der Waals surface area contributed by atoms with Gasteiger partial charge >= 0.3 is 6.03 Å². The second kappa shape index (κ2) is 15.6. The molecule has 0 bridgehead atoms. The average molecular weight is 717 g/mol. The molecule has 1 unspecified atom stereocenters. The van der Waals surface area contributed by atoms with Crippen molar-refractivity contribution in [1.82, 2.24) is 31.1 Å². The van der Waals surface area contributed by atoms with Gasteiger partial charge in [0, 0.05) is 32.5 Å². The van der Waals surface area contributed by atoms with Gasteiger partial charge in [0.2, 0.25) is 29.4 Å². The first-order valence-corrected chi connectivity index (χ1v) is 18.7. The first-order chi connectivity index (χ1) is 23.4. The van der Waals surface area contributed by atoms with Crippen LogP contribution in [0.25, 0.3) is 0 Å². The van der Waals surface area contributed by atoms with Gasteiger partial charge in [0.05, 0.1) is 12.1 Å². The highest BCUT2D eigenvalue weighted by Crippen LogP contribution is 2.65. The number of nitrogens with one attached hydrogen (secondary N) is 4. The lowest BCUT2D eigenvalue weighted by atomic mass is 9.80. The van der Waals surface area contributed by atoms with Crippen LogP contribution in [-0.2, 0) is 28.8 Å². The third kappa shape index (κ3) is 9.88. The number of fused-ring (bicyclic) bond motifs is 1. The fourth-order valence-electron chi connectivity index (χ4n) is 7.51. The normalized spacial score (nSPS) is 24.2. The van der Waals surface area contributed by atoms with Crippen LogP contribution in [0, 0.1) is 33.5 Å². The van der Waals surface area contributed by atoms with Crippen molar-refractivity contribution < 1.29 is 33.6 Å². The molecule has 6 atom stereocenters. The zero-order chi connectivity index (χ0) is 38.9. The monoisotopic (exact) mass is 716 g/mol. The first kappa shape index (κ1) is 41.9. The van der Waals surface area contributed by atoms with Crippen molar-refractivity contribution in [2.45, 2.75) is 146 Å². The van der Waals surface area contributed by atoms with Gasteiger partial charge in [-0.15, -0.1) is 0 Å². The summed E-state index contributed by atoms with van der Waals surface area (Å²) in [6, 6.07) is -4.19. The fourth-order valence-corrected chi connectivity index (χ4v) is 7.51. The smallest absolute Gasteiger partial charge is 0.315 e. The van der Waals surface area contributed by atoms with E-state index in [0.29, 0.717) is 32.4 Å². The maximum Gasteiger partial charge on any atom is 0.315 e. The minimum Gasteiger partial charge on any atom is -0.349 e. The van der Waals surface area contributed by atoms with Gasteiger partial charge in [-0.25, -0.2) is 4.79 Å². The van der Waals surface area contributed by atoms with Crippen LogP contribution in [0.1, 0.15) is 122 Å². The molecule has 0 spiro atoms. The molecular weight excluding hydrogens is 652 g/mol. The van der Waals surface area contributed by atoms with Crippen LogP contribution in [0.5, 0.6) is 0 Å². The van der Waals surface area contributed by atoms with Gasteiger partial charge in [-0.1, -0.05) is 95.9 Å². The zero-order valence-corrected chi connectivity index (χ0v) is 33.1. The Bertz CT molecular complexity index is 1360. The summed E-state index contributed by atoms with van der Waals surface area (Å²) in [4.78, 5) is 96.7. The quantitative estimate of drug-likeness (QED) is 0.157. The van der Waals surface area contributed by atoms with Crippen molar-refractivity contribution in [2.24, 2.45) is 33.5 Å². The van der Waals surface area contributed by atoms with Gasteiger partial charge in [-0.05, 0) is 46.3 Å². The summed E-state index contributed by atoms with van der Waals surface area (Å²) in [6.07, 6.45) is 2.81. The maximum absolute atomic E-state index is 14.5. The van der Waals surface area contributed by atoms with E-state index in [2.05, 4.69) is 35.1 Å². The number of hydrogen-bond donors (Lipinski definition) is 4. The summed E-state index contributed by atoms with van der Waals surface area (Å²) < 4.78 is 0. The molecule has 0 aromatic rings. The first-order valence-electron chi connectivity index (χ1n) is 18.7. The zero-order valence-electron chi connectivity index (χ0n) is 33.1. The number of carbonyl (C=O) groups is 7. The highest BCUT2D eigenvalue weighted by atomic mass is 16.2. The maximum atomic E-state index is 14.5. The summed E-state index contributed by atoms with van der Waals surface area (Å²) in [6.45, 7) is 23.6. The molecule has 13 nitrogen and oxygen atoms in total. The largest absolute Gasteiger partial charge is 0.349 e. The number of Topliss-reactive ketones (excluding diaryl/α,β-unsaturated/α-hetero) is 1. The van der Waals surface area contributed by atoms with Crippen molar-refractivity contribution in [3.05, 3.63) is 0 Å². The van der Waals surface area contributed by atoms with E-state index in [1.54, 1.807) is 0 Å². The van der Waals surface area contributed by atoms with E-state index in [0.717, 1.165) is 6.42 Å². The molecule has 1 saturated carbocycles. The highest BCUT2D eigenvalue weighted by Gasteiger charge is 2.70. The number of ketones is 1. The molecule has 288 valence electrons. The molecule has 51 heavy (non-hydrogen) atoms. The molecule has 3 fully saturated rings. The Morgan fingerprint density at radius 2 is 1.43 bits per heavy atom. The summed E-state index contributed by atoms with van der Waals surface area (Å²) >= 11 is 0. The van der Waals surface area contributed by atoms with Crippen molar-refractivity contribution in [1.29, 1.82) is 0 Å². The Balaban J connectivity index is 1.83. The van der Waals surface area contributed by atoms with Gasteiger partial charge in [-0.3, -0.25) is 33.7 Å². The van der Waals surface area contributed by atoms with E-state index >= 15 is 0 Å². The number of urea groups is 1. The lowest BCUT2D eigenvalue weighted by molar-refractivity contribution is -0.153. The van der Waals surface area contributed by atoms with Crippen molar-refractivity contribution in [2.75, 3.05) is 19.6 Å². The molecule has 13 heteroatoms. The van der Waals surface area contributed by atoms with E-state index in [4.69, 9.17) is 0 Å². The number of carbonyl (C=O) groups excluding carboxylic acids is 7. The van der Waals surface area contributed by atoms with Crippen LogP contribution in [-0.4, -0.2) is 95.0 Å². The molecule has 3 aliphatic rings. The summed E-state index contributed by atoms with van der Waals surface area (Å²) in [5.41, 5.74) is -1.95. The van der Waals surface area contributed by atoms with Crippen molar-refractivity contribution >= 4 is 41.4 Å². The molecule has 4 N–H and O–H groups in total. The van der Waals surface area contributed by atoms with Crippen LogP contribution >= 0.6 is 0 Å². The van der Waals surface area contributed by atoms with E-state index in [-0.39, 0.29) is 48.5 Å². The second-order valence-corrected chi connectivity index (χ2v) is 18.5. The average Bonchev–Trinajstić information content (AvgIpc) is 3.31. The van der Waals surface area contributed by atoms with Crippen LogP contribution < -0.4 is 21.3 Å². The number of imide groups is 1. The van der Waals surface area contributed by atoms with Crippen LogP contribution in [0.2, 0.25) is 0 Å². The molecular formula is C38H64N6O7. The molecule has 2 saturated heterocycles. The second-order valence-electron chi connectivity index (χ2n) is 18.5. The lowest BCUT2D eigenvalue weighted by Crippen LogP contribution is -2.63. The van der Waals surface area contributed by atoms with Crippen LogP contribution in [0.4, 0.5) is 4.79 Å². The number of piperidine rings is 2. The number of nitrogens with zero attached hydrogens (tertiary/aromatic N) is 2.